The Morgan fingerprint density at radius 1 is 1.19 bits per heavy atom. The van der Waals surface area contributed by atoms with Crippen molar-refractivity contribution >= 4 is 28.0 Å². The molecule has 26 heavy (non-hydrogen) atoms. The molecule has 0 saturated heterocycles. The second kappa shape index (κ2) is 6.48. The molecule has 1 aromatic carbocycles. The molecule has 3 N–H and O–H groups in total. The van der Waals surface area contributed by atoms with Gasteiger partial charge in [-0.05, 0) is 42.3 Å². The van der Waals surface area contributed by atoms with Crippen LogP contribution in [-0.2, 0) is 0 Å². The predicted octanol–water partition coefficient (Wildman–Crippen LogP) is 3.11. The van der Waals surface area contributed by atoms with Gasteiger partial charge in [0.1, 0.15) is 17.4 Å². The van der Waals surface area contributed by atoms with Crippen molar-refractivity contribution in [3.05, 3.63) is 65.8 Å². The van der Waals surface area contributed by atoms with Crippen molar-refractivity contribution in [3.8, 4) is 5.75 Å². The lowest BCUT2D eigenvalue weighted by Crippen LogP contribution is -2.15. The van der Waals surface area contributed by atoms with Gasteiger partial charge in [-0.1, -0.05) is 12.1 Å². The van der Waals surface area contributed by atoms with Gasteiger partial charge in [0.15, 0.2) is 0 Å². The van der Waals surface area contributed by atoms with Crippen LogP contribution < -0.4 is 10.5 Å². The number of amidine groups is 1. The number of imidazole rings is 1. The summed E-state index contributed by atoms with van der Waals surface area (Å²) >= 11 is 0. The third-order valence-corrected chi connectivity index (χ3v) is 4.34. The molecule has 2 aromatic heterocycles. The zero-order valence-corrected chi connectivity index (χ0v) is 14.7. The van der Waals surface area contributed by atoms with E-state index in [9.17, 15) is 0 Å². The van der Waals surface area contributed by atoms with Crippen LogP contribution in [-0.4, -0.2) is 34.4 Å². The van der Waals surface area contributed by atoms with E-state index in [4.69, 9.17) is 10.5 Å². The first-order valence-electron chi connectivity index (χ1n) is 8.33. The van der Waals surface area contributed by atoms with Gasteiger partial charge < -0.3 is 15.5 Å². The molecule has 3 aromatic rings. The molecule has 0 aliphatic carbocycles. The molecule has 1 aliphatic rings. The maximum atomic E-state index is 6.20. The number of rotatable bonds is 3. The molecule has 0 bridgehead atoms. The second-order valence-corrected chi connectivity index (χ2v) is 6.10. The van der Waals surface area contributed by atoms with E-state index in [0.29, 0.717) is 18.2 Å². The fourth-order valence-corrected chi connectivity index (χ4v) is 2.89. The quantitative estimate of drug-likeness (QED) is 0.763. The second-order valence-electron chi connectivity index (χ2n) is 6.10. The molecule has 6 heteroatoms. The number of aryl methyl sites for hydroxylation is 1. The van der Waals surface area contributed by atoms with E-state index < -0.39 is 0 Å². The number of benzene rings is 1. The number of allylic oxidation sites excluding steroid dienone is 2. The van der Waals surface area contributed by atoms with E-state index in [1.165, 1.54) is 0 Å². The van der Waals surface area contributed by atoms with Crippen LogP contribution in [0.4, 0.5) is 0 Å². The Hall–Kier alpha value is -3.41. The summed E-state index contributed by atoms with van der Waals surface area (Å²) in [5, 5.41) is 0. The first-order valence-corrected chi connectivity index (χ1v) is 8.33. The van der Waals surface area contributed by atoms with E-state index in [2.05, 4.69) is 19.9 Å². The number of pyridine rings is 1. The van der Waals surface area contributed by atoms with Crippen LogP contribution >= 0.6 is 0 Å². The van der Waals surface area contributed by atoms with Gasteiger partial charge in [0.05, 0.1) is 30.3 Å². The number of aliphatic imine (C=N–C) groups is 1. The third kappa shape index (κ3) is 2.97. The fraction of sp³-hybridized carbons (Fsp3) is 0.150. The zero-order chi connectivity index (χ0) is 18.1. The molecule has 0 radical (unpaired) electrons. The average Bonchev–Trinajstić information content (AvgIpc) is 2.97. The summed E-state index contributed by atoms with van der Waals surface area (Å²) < 4.78 is 5.28. The number of nitrogens with two attached hydrogens (primary N) is 1. The van der Waals surface area contributed by atoms with Gasteiger partial charge in [0.2, 0.25) is 0 Å². The summed E-state index contributed by atoms with van der Waals surface area (Å²) in [6, 6.07) is 9.76. The Labute approximate surface area is 151 Å². The van der Waals surface area contributed by atoms with Crippen LogP contribution in [0.15, 0.2) is 53.7 Å². The highest BCUT2D eigenvalue weighted by atomic mass is 16.5. The highest BCUT2D eigenvalue weighted by Crippen LogP contribution is 2.26. The zero-order valence-electron chi connectivity index (χ0n) is 14.7. The molecule has 4 rings (SSSR count). The van der Waals surface area contributed by atoms with Crippen LogP contribution in [0.25, 0.3) is 22.2 Å². The standard InChI is InChI=1S/C20H19N5O/c1-12-3-4-14(11-23-12)13-7-8-22-19(21)16(9-13)20-24-17-6-5-15(26-2)10-18(17)25-20/h3-7,9-11H,8H2,1-2H3,(H2,21,22)(H,24,25). The molecule has 0 amide bonds. The van der Waals surface area contributed by atoms with Gasteiger partial charge in [-0.25, -0.2) is 4.98 Å². The van der Waals surface area contributed by atoms with Crippen LogP contribution in [0.5, 0.6) is 5.75 Å². The maximum Gasteiger partial charge on any atom is 0.142 e. The van der Waals surface area contributed by atoms with Crippen molar-refractivity contribution in [1.82, 2.24) is 15.0 Å². The summed E-state index contributed by atoms with van der Waals surface area (Å²) in [7, 11) is 1.64. The Morgan fingerprint density at radius 2 is 2.08 bits per heavy atom. The molecule has 0 saturated carbocycles. The SMILES string of the molecule is COc1ccc2nc(C3=CC(c4ccc(C)nc4)=CCN=C3N)[nH]c2c1. The summed E-state index contributed by atoms with van der Waals surface area (Å²) in [6.07, 6.45) is 5.91. The van der Waals surface area contributed by atoms with Gasteiger partial charge in [-0.2, -0.15) is 0 Å². The van der Waals surface area contributed by atoms with Crippen molar-refractivity contribution in [2.24, 2.45) is 10.7 Å². The highest BCUT2D eigenvalue weighted by molar-refractivity contribution is 6.23. The Morgan fingerprint density at radius 3 is 2.85 bits per heavy atom. The minimum absolute atomic E-state index is 0.461. The van der Waals surface area contributed by atoms with Gasteiger partial charge in [-0.15, -0.1) is 0 Å². The van der Waals surface area contributed by atoms with Crippen molar-refractivity contribution in [1.29, 1.82) is 0 Å². The topological polar surface area (TPSA) is 89.2 Å². The van der Waals surface area contributed by atoms with E-state index in [1.54, 1.807) is 7.11 Å². The lowest BCUT2D eigenvalue weighted by atomic mass is 10.0. The molecule has 0 atom stereocenters. The molecular formula is C20H19N5O. The number of hydrogen-bond acceptors (Lipinski definition) is 5. The fourth-order valence-electron chi connectivity index (χ4n) is 2.89. The van der Waals surface area contributed by atoms with Crippen molar-refractivity contribution in [3.63, 3.8) is 0 Å². The monoisotopic (exact) mass is 345 g/mol. The van der Waals surface area contributed by atoms with Crippen molar-refractivity contribution in [2.75, 3.05) is 13.7 Å². The number of aromatic nitrogens is 3. The first-order chi connectivity index (χ1) is 12.6. The number of ether oxygens (including phenoxy) is 1. The van der Waals surface area contributed by atoms with Gasteiger partial charge in [0, 0.05) is 18.0 Å². The third-order valence-electron chi connectivity index (χ3n) is 4.34. The van der Waals surface area contributed by atoms with Crippen LogP contribution in [0.3, 0.4) is 0 Å². The number of nitrogens with zero attached hydrogens (tertiary/aromatic N) is 3. The van der Waals surface area contributed by atoms with Gasteiger partial charge in [-0.3, -0.25) is 9.98 Å². The largest absolute Gasteiger partial charge is 0.497 e. The minimum atomic E-state index is 0.461. The number of methoxy groups -OCH3 is 1. The highest BCUT2D eigenvalue weighted by Gasteiger charge is 2.15. The molecule has 0 spiro atoms. The number of aromatic amines is 1. The predicted molar refractivity (Wildman–Crippen MR) is 104 cm³/mol. The Bertz CT molecular complexity index is 1060. The van der Waals surface area contributed by atoms with Gasteiger partial charge in [0.25, 0.3) is 0 Å². The summed E-state index contributed by atoms with van der Waals surface area (Å²) in [5.74, 6) is 1.92. The lowest BCUT2D eigenvalue weighted by molar-refractivity contribution is 0.415. The Kier molecular flexibility index (Phi) is 4.01. The molecule has 3 heterocycles. The van der Waals surface area contributed by atoms with E-state index in [-0.39, 0.29) is 0 Å². The maximum absolute atomic E-state index is 6.20. The molecule has 0 unspecified atom stereocenters. The summed E-state index contributed by atoms with van der Waals surface area (Å²) in [5.41, 5.74) is 11.7. The van der Waals surface area contributed by atoms with Crippen molar-refractivity contribution < 1.29 is 4.74 Å². The number of fused-ring (bicyclic) bond motifs is 1. The number of hydrogen-bond donors (Lipinski definition) is 2. The minimum Gasteiger partial charge on any atom is -0.497 e. The van der Waals surface area contributed by atoms with Crippen molar-refractivity contribution in [2.45, 2.75) is 6.92 Å². The average molecular weight is 345 g/mol. The molecule has 1 aliphatic heterocycles. The summed E-state index contributed by atoms with van der Waals surface area (Å²) in [6.45, 7) is 2.49. The van der Waals surface area contributed by atoms with Gasteiger partial charge >= 0.3 is 0 Å². The van der Waals surface area contributed by atoms with Crippen LogP contribution in [0.2, 0.25) is 0 Å². The van der Waals surface area contributed by atoms with E-state index in [0.717, 1.165) is 39.2 Å². The van der Waals surface area contributed by atoms with Crippen LogP contribution in [0, 0.1) is 6.92 Å². The van der Waals surface area contributed by atoms with E-state index >= 15 is 0 Å². The van der Waals surface area contributed by atoms with Crippen LogP contribution in [0.1, 0.15) is 17.1 Å². The lowest BCUT2D eigenvalue weighted by Gasteiger charge is -2.05. The normalized spacial score (nSPS) is 14.5. The molecule has 6 nitrogen and oxygen atoms in total. The molecule has 0 fully saturated rings. The van der Waals surface area contributed by atoms with E-state index in [1.807, 2.05) is 55.6 Å². The summed E-state index contributed by atoms with van der Waals surface area (Å²) in [4.78, 5) is 16.8. The first kappa shape index (κ1) is 16.1. The Balaban J connectivity index is 1.79. The molecule has 130 valence electrons. The molecular weight excluding hydrogens is 326 g/mol. The number of nitrogens with one attached hydrogen (secondary N) is 1. The smallest absolute Gasteiger partial charge is 0.142 e. The number of H-pyrrole nitrogens is 1.